The van der Waals surface area contributed by atoms with Crippen molar-refractivity contribution in [3.8, 4) is 0 Å². The number of piperidine rings is 1. The van der Waals surface area contributed by atoms with E-state index in [0.717, 1.165) is 31.0 Å². The molecule has 3 heterocycles. The van der Waals surface area contributed by atoms with Crippen molar-refractivity contribution >= 4 is 28.9 Å². The van der Waals surface area contributed by atoms with Crippen LogP contribution in [0.2, 0.25) is 0 Å². The van der Waals surface area contributed by atoms with Crippen LogP contribution >= 0.6 is 11.3 Å². The van der Waals surface area contributed by atoms with Crippen LogP contribution in [0.5, 0.6) is 0 Å². The first-order valence-corrected chi connectivity index (χ1v) is 9.41. The largest absolute Gasteiger partial charge is 0.363 e. The Hall–Kier alpha value is -2.15. The molecule has 0 aliphatic carbocycles. The predicted molar refractivity (Wildman–Crippen MR) is 102 cm³/mol. The lowest BCUT2D eigenvalue weighted by Crippen LogP contribution is -2.50. The van der Waals surface area contributed by atoms with E-state index >= 15 is 0 Å². The van der Waals surface area contributed by atoms with Gasteiger partial charge in [0.15, 0.2) is 0 Å². The molecule has 1 N–H and O–H groups in total. The number of hydrogen-bond donors (Lipinski definition) is 1. The van der Waals surface area contributed by atoms with Crippen molar-refractivity contribution in [2.24, 2.45) is 5.41 Å². The van der Waals surface area contributed by atoms with Crippen LogP contribution < -0.4 is 15.1 Å². The number of nitrogens with zero attached hydrogens (tertiary/aromatic N) is 4. The molecule has 1 aliphatic heterocycles. The maximum atomic E-state index is 12.8. The fourth-order valence-electron chi connectivity index (χ4n) is 3.17. The van der Waals surface area contributed by atoms with Gasteiger partial charge in [-0.15, -0.1) is 11.3 Å². The van der Waals surface area contributed by atoms with Crippen LogP contribution in [0.25, 0.3) is 0 Å². The van der Waals surface area contributed by atoms with Crippen LogP contribution in [0.3, 0.4) is 0 Å². The van der Waals surface area contributed by atoms with E-state index in [2.05, 4.69) is 27.1 Å². The molecule has 134 valence electrons. The number of rotatable bonds is 5. The Bertz CT molecular complexity index is 718. The number of aromatic nitrogens is 2. The van der Waals surface area contributed by atoms with E-state index in [9.17, 15) is 4.79 Å². The van der Waals surface area contributed by atoms with Gasteiger partial charge < -0.3 is 15.1 Å². The Morgan fingerprint density at radius 1 is 1.44 bits per heavy atom. The third kappa shape index (κ3) is 4.10. The third-order valence-electron chi connectivity index (χ3n) is 4.67. The van der Waals surface area contributed by atoms with Crippen molar-refractivity contribution in [3.63, 3.8) is 0 Å². The molecule has 3 rings (SSSR count). The van der Waals surface area contributed by atoms with Crippen LogP contribution in [0.1, 0.15) is 24.6 Å². The van der Waals surface area contributed by atoms with Gasteiger partial charge >= 0.3 is 0 Å². The summed E-state index contributed by atoms with van der Waals surface area (Å²) in [5, 5.41) is 5.13. The number of carbonyl (C=O) groups is 1. The highest BCUT2D eigenvalue weighted by Gasteiger charge is 2.38. The molecule has 2 aromatic rings. The van der Waals surface area contributed by atoms with Gasteiger partial charge in [-0.3, -0.25) is 4.79 Å². The second-order valence-electron chi connectivity index (χ2n) is 6.98. The Kier molecular flexibility index (Phi) is 5.22. The predicted octanol–water partition coefficient (Wildman–Crippen LogP) is 2.53. The molecule has 6 nitrogen and oxygen atoms in total. The molecule has 0 spiro atoms. The maximum absolute atomic E-state index is 12.8. The minimum atomic E-state index is -0.404. The molecular formula is C18H25N5OS. The van der Waals surface area contributed by atoms with Gasteiger partial charge in [0.05, 0.1) is 12.0 Å². The van der Waals surface area contributed by atoms with E-state index in [1.54, 1.807) is 17.7 Å². The zero-order valence-electron chi connectivity index (χ0n) is 15.0. The van der Waals surface area contributed by atoms with Gasteiger partial charge in [0.2, 0.25) is 5.91 Å². The zero-order chi connectivity index (χ0) is 17.9. The van der Waals surface area contributed by atoms with E-state index in [1.165, 1.54) is 4.88 Å². The highest BCUT2D eigenvalue weighted by molar-refractivity contribution is 7.09. The fraction of sp³-hybridized carbons (Fsp3) is 0.500. The molecule has 1 saturated heterocycles. The van der Waals surface area contributed by atoms with Crippen molar-refractivity contribution in [1.82, 2.24) is 15.3 Å². The van der Waals surface area contributed by atoms with Gasteiger partial charge in [0.1, 0.15) is 18.0 Å². The zero-order valence-corrected chi connectivity index (χ0v) is 15.8. The standard InChI is InChI=1S/C18H25N5OS/c1-18(17(24)19-11-14-6-4-9-25-14)7-5-8-23(12-18)16-10-15(22(2)3)20-13-21-16/h4,6,9-10,13H,5,7-8,11-12H2,1-3H3,(H,19,24)/t18-/m1/s1. The van der Waals surface area contributed by atoms with Crippen LogP contribution in [-0.4, -0.2) is 43.1 Å². The molecule has 0 aromatic carbocycles. The van der Waals surface area contributed by atoms with E-state index in [1.807, 2.05) is 42.6 Å². The molecule has 1 atom stereocenters. The summed E-state index contributed by atoms with van der Waals surface area (Å²) in [6, 6.07) is 6.03. The van der Waals surface area contributed by atoms with Crippen molar-refractivity contribution in [2.75, 3.05) is 37.0 Å². The number of hydrogen-bond acceptors (Lipinski definition) is 6. The number of amides is 1. The summed E-state index contributed by atoms with van der Waals surface area (Å²) in [7, 11) is 3.93. The van der Waals surface area contributed by atoms with Crippen LogP contribution in [0.15, 0.2) is 29.9 Å². The van der Waals surface area contributed by atoms with Crippen LogP contribution in [0, 0.1) is 5.41 Å². The van der Waals surface area contributed by atoms with Gasteiger partial charge in [-0.1, -0.05) is 6.07 Å². The van der Waals surface area contributed by atoms with Crippen molar-refractivity contribution in [2.45, 2.75) is 26.3 Å². The molecule has 7 heteroatoms. The minimum Gasteiger partial charge on any atom is -0.363 e. The van der Waals surface area contributed by atoms with Crippen LogP contribution in [0.4, 0.5) is 11.6 Å². The SMILES string of the molecule is CN(C)c1cc(N2CCC[C@@](C)(C(=O)NCc3cccs3)C2)ncn1. The first kappa shape index (κ1) is 17.7. The highest BCUT2D eigenvalue weighted by atomic mass is 32.1. The summed E-state index contributed by atoms with van der Waals surface area (Å²) in [6.45, 7) is 4.24. The van der Waals surface area contributed by atoms with E-state index in [0.29, 0.717) is 13.1 Å². The Morgan fingerprint density at radius 3 is 3.00 bits per heavy atom. The second-order valence-corrected chi connectivity index (χ2v) is 8.01. The topological polar surface area (TPSA) is 61.4 Å². The van der Waals surface area contributed by atoms with Crippen molar-refractivity contribution in [3.05, 3.63) is 34.8 Å². The molecular weight excluding hydrogens is 334 g/mol. The normalized spacial score (nSPS) is 20.4. The van der Waals surface area contributed by atoms with Gasteiger partial charge in [0, 0.05) is 38.1 Å². The molecule has 0 saturated carbocycles. The molecule has 0 bridgehead atoms. The second kappa shape index (κ2) is 7.39. The average molecular weight is 359 g/mol. The maximum Gasteiger partial charge on any atom is 0.228 e. The first-order valence-electron chi connectivity index (χ1n) is 8.53. The molecule has 1 fully saturated rings. The monoisotopic (exact) mass is 359 g/mol. The van der Waals surface area contributed by atoms with Gasteiger partial charge in [0.25, 0.3) is 0 Å². The Balaban J connectivity index is 1.68. The number of nitrogens with one attached hydrogen (secondary N) is 1. The van der Waals surface area contributed by atoms with E-state index in [-0.39, 0.29) is 5.91 Å². The van der Waals surface area contributed by atoms with E-state index in [4.69, 9.17) is 0 Å². The van der Waals surface area contributed by atoms with Gasteiger partial charge in [-0.25, -0.2) is 9.97 Å². The number of anilines is 2. The van der Waals surface area contributed by atoms with Crippen molar-refractivity contribution in [1.29, 1.82) is 0 Å². The van der Waals surface area contributed by atoms with Gasteiger partial charge in [-0.05, 0) is 31.2 Å². The minimum absolute atomic E-state index is 0.118. The summed E-state index contributed by atoms with van der Waals surface area (Å²) < 4.78 is 0. The van der Waals surface area contributed by atoms with Crippen molar-refractivity contribution < 1.29 is 4.79 Å². The molecule has 25 heavy (non-hydrogen) atoms. The Morgan fingerprint density at radius 2 is 2.28 bits per heavy atom. The van der Waals surface area contributed by atoms with Gasteiger partial charge in [-0.2, -0.15) is 0 Å². The average Bonchev–Trinajstić information content (AvgIpc) is 3.13. The fourth-order valence-corrected chi connectivity index (χ4v) is 3.81. The lowest BCUT2D eigenvalue weighted by Gasteiger charge is -2.40. The molecule has 1 amide bonds. The summed E-state index contributed by atoms with van der Waals surface area (Å²) in [5.74, 6) is 1.88. The highest BCUT2D eigenvalue weighted by Crippen LogP contribution is 2.32. The third-order valence-corrected chi connectivity index (χ3v) is 5.54. The lowest BCUT2D eigenvalue weighted by molar-refractivity contribution is -0.130. The molecule has 2 aromatic heterocycles. The molecule has 0 radical (unpaired) electrons. The summed E-state index contributed by atoms with van der Waals surface area (Å²) in [6.07, 6.45) is 3.46. The quantitative estimate of drug-likeness (QED) is 0.889. The van der Waals surface area contributed by atoms with E-state index < -0.39 is 5.41 Å². The molecule has 0 unspecified atom stereocenters. The smallest absolute Gasteiger partial charge is 0.228 e. The lowest BCUT2D eigenvalue weighted by atomic mass is 9.81. The van der Waals surface area contributed by atoms with Crippen LogP contribution in [-0.2, 0) is 11.3 Å². The summed E-state index contributed by atoms with van der Waals surface area (Å²) >= 11 is 1.67. The molecule has 1 aliphatic rings. The summed E-state index contributed by atoms with van der Waals surface area (Å²) in [5.41, 5.74) is -0.404. The Labute approximate surface area is 152 Å². The first-order chi connectivity index (χ1) is 12.0. The summed E-state index contributed by atoms with van der Waals surface area (Å²) in [4.78, 5) is 26.8. The number of carbonyl (C=O) groups excluding carboxylic acids is 1. The number of thiophene rings is 1.